The van der Waals surface area contributed by atoms with Crippen LogP contribution >= 0.6 is 31.9 Å². The van der Waals surface area contributed by atoms with Crippen LogP contribution in [-0.4, -0.2) is 4.21 Å². The van der Waals surface area contributed by atoms with Crippen molar-refractivity contribution in [2.45, 2.75) is 10.6 Å². The molecule has 2 rings (SSSR count). The lowest BCUT2D eigenvalue weighted by Gasteiger charge is -2.06. The van der Waals surface area contributed by atoms with Crippen LogP contribution in [-0.2, 0) is 16.6 Å². The minimum absolute atomic E-state index is 0.475. The molecule has 0 radical (unpaired) electrons. The molecule has 0 saturated heterocycles. The Morgan fingerprint density at radius 3 is 2.33 bits per heavy atom. The highest BCUT2D eigenvalue weighted by Gasteiger charge is 2.08. The first-order valence-corrected chi connectivity index (χ1v) is 8.14. The molecule has 0 amide bonds. The normalized spacial score (nSPS) is 12.3. The summed E-state index contributed by atoms with van der Waals surface area (Å²) in [5.41, 5.74) is 7.36. The zero-order chi connectivity index (χ0) is 13.1. The van der Waals surface area contributed by atoms with Crippen molar-refractivity contribution in [3.8, 4) is 0 Å². The Morgan fingerprint density at radius 2 is 1.72 bits per heavy atom. The molecule has 0 fully saturated rings. The van der Waals surface area contributed by atoms with E-state index in [0.717, 1.165) is 19.4 Å². The van der Waals surface area contributed by atoms with E-state index in [1.54, 1.807) is 0 Å². The van der Waals surface area contributed by atoms with Gasteiger partial charge in [-0.1, -0.05) is 37.9 Å². The summed E-state index contributed by atoms with van der Waals surface area (Å²) in [6.07, 6.45) is 0. The summed E-state index contributed by atoms with van der Waals surface area (Å²) in [6.45, 7) is 0. The van der Waals surface area contributed by atoms with E-state index in [2.05, 4.69) is 31.9 Å². The molecule has 2 N–H and O–H groups in total. The van der Waals surface area contributed by atoms with Gasteiger partial charge >= 0.3 is 0 Å². The molecule has 18 heavy (non-hydrogen) atoms. The van der Waals surface area contributed by atoms with E-state index in [1.165, 1.54) is 0 Å². The Balaban J connectivity index is 2.18. The molecule has 94 valence electrons. The van der Waals surface area contributed by atoms with Crippen LogP contribution in [0.4, 0.5) is 5.69 Å². The van der Waals surface area contributed by atoms with Crippen LogP contribution in [0.2, 0.25) is 0 Å². The van der Waals surface area contributed by atoms with Gasteiger partial charge in [-0.05, 0) is 42.0 Å². The number of rotatable bonds is 3. The van der Waals surface area contributed by atoms with Crippen molar-refractivity contribution in [1.82, 2.24) is 0 Å². The highest BCUT2D eigenvalue weighted by molar-refractivity contribution is 9.10. The number of nitrogens with two attached hydrogens (primary N) is 1. The van der Waals surface area contributed by atoms with Gasteiger partial charge in [-0.2, -0.15) is 0 Å². The van der Waals surface area contributed by atoms with Crippen LogP contribution < -0.4 is 5.73 Å². The molecule has 1 unspecified atom stereocenters. The van der Waals surface area contributed by atoms with Crippen molar-refractivity contribution in [2.75, 3.05) is 5.73 Å². The molecular formula is C13H11Br2NOS. The topological polar surface area (TPSA) is 43.1 Å². The predicted octanol–water partition coefficient (Wildman–Crippen LogP) is 4.10. The second-order valence-electron chi connectivity index (χ2n) is 3.79. The molecule has 0 saturated carbocycles. The van der Waals surface area contributed by atoms with Gasteiger partial charge in [0, 0.05) is 19.5 Å². The predicted molar refractivity (Wildman–Crippen MR) is 82.8 cm³/mol. The van der Waals surface area contributed by atoms with Gasteiger partial charge in [-0.25, -0.2) is 0 Å². The van der Waals surface area contributed by atoms with E-state index in [-0.39, 0.29) is 0 Å². The van der Waals surface area contributed by atoms with Crippen LogP contribution in [0, 0.1) is 0 Å². The molecule has 0 heterocycles. The summed E-state index contributed by atoms with van der Waals surface area (Å²) in [5, 5.41) is 0. The molecule has 0 aromatic heterocycles. The van der Waals surface area contributed by atoms with Crippen molar-refractivity contribution in [3.05, 3.63) is 57.0 Å². The number of hydrogen-bond donors (Lipinski definition) is 1. The van der Waals surface area contributed by atoms with E-state index in [1.807, 2.05) is 42.5 Å². The number of benzene rings is 2. The van der Waals surface area contributed by atoms with Crippen LogP contribution in [0.1, 0.15) is 5.56 Å². The fourth-order valence-corrected chi connectivity index (χ4v) is 3.62. The molecule has 2 aromatic carbocycles. The number of nitrogen functional groups attached to an aromatic ring is 1. The van der Waals surface area contributed by atoms with Crippen molar-refractivity contribution in [2.24, 2.45) is 0 Å². The maximum Gasteiger partial charge on any atom is 0.0574 e. The maximum atomic E-state index is 12.2. The zero-order valence-corrected chi connectivity index (χ0v) is 13.4. The fourth-order valence-electron chi connectivity index (χ4n) is 1.49. The fraction of sp³-hybridized carbons (Fsp3) is 0.0769. The quantitative estimate of drug-likeness (QED) is 0.804. The van der Waals surface area contributed by atoms with Crippen LogP contribution in [0.5, 0.6) is 0 Å². The monoisotopic (exact) mass is 387 g/mol. The maximum absolute atomic E-state index is 12.2. The van der Waals surface area contributed by atoms with Crippen LogP contribution in [0.25, 0.3) is 0 Å². The lowest BCUT2D eigenvalue weighted by molar-refractivity contribution is 0.682. The first-order chi connectivity index (χ1) is 8.56. The highest BCUT2D eigenvalue weighted by atomic mass is 79.9. The summed E-state index contributed by atoms with van der Waals surface area (Å²) in [4.78, 5) is 0.821. The highest BCUT2D eigenvalue weighted by Crippen LogP contribution is 2.23. The molecule has 0 aliphatic rings. The Hall–Kier alpha value is -0.650. The number of halogens is 2. The number of hydrogen-bond acceptors (Lipinski definition) is 2. The summed E-state index contributed by atoms with van der Waals surface area (Å²) in [6, 6.07) is 13.1. The molecule has 2 aromatic rings. The standard InChI is InChI=1S/C13H11Br2NOS/c14-10-2-5-12(6-3-10)18(17)8-9-1-4-11(16)7-13(9)15/h1-7H,8,16H2. The summed E-state index contributed by atoms with van der Waals surface area (Å²) >= 11 is 6.80. The molecule has 0 aliphatic carbocycles. The SMILES string of the molecule is Nc1ccc(CS(=O)c2ccc(Br)cc2)c(Br)c1. The minimum Gasteiger partial charge on any atom is -0.399 e. The molecule has 5 heteroatoms. The average Bonchev–Trinajstić information content (AvgIpc) is 2.33. The second kappa shape index (κ2) is 5.99. The van der Waals surface area contributed by atoms with E-state index in [0.29, 0.717) is 11.4 Å². The molecule has 0 spiro atoms. The lowest BCUT2D eigenvalue weighted by atomic mass is 10.2. The summed E-state index contributed by atoms with van der Waals surface area (Å²) in [7, 11) is -1.05. The summed E-state index contributed by atoms with van der Waals surface area (Å²) in [5.74, 6) is 0.475. The Labute approximate surface area is 125 Å². The van der Waals surface area contributed by atoms with E-state index >= 15 is 0 Å². The Kier molecular flexibility index (Phi) is 4.59. The minimum atomic E-state index is -1.05. The van der Waals surface area contributed by atoms with Gasteiger partial charge in [0.1, 0.15) is 0 Å². The van der Waals surface area contributed by atoms with Crippen molar-refractivity contribution in [3.63, 3.8) is 0 Å². The first-order valence-electron chi connectivity index (χ1n) is 5.24. The van der Waals surface area contributed by atoms with E-state index in [4.69, 9.17) is 5.73 Å². The molecular weight excluding hydrogens is 378 g/mol. The van der Waals surface area contributed by atoms with Gasteiger partial charge in [0.2, 0.25) is 0 Å². The average molecular weight is 389 g/mol. The lowest BCUT2D eigenvalue weighted by Crippen LogP contribution is -1.98. The van der Waals surface area contributed by atoms with Gasteiger partial charge in [0.15, 0.2) is 0 Å². The second-order valence-corrected chi connectivity index (χ2v) is 7.02. The molecule has 1 atom stereocenters. The van der Waals surface area contributed by atoms with Crippen LogP contribution in [0.15, 0.2) is 56.3 Å². The van der Waals surface area contributed by atoms with Crippen molar-refractivity contribution >= 4 is 48.3 Å². The molecule has 0 bridgehead atoms. The third kappa shape index (κ3) is 3.43. The largest absolute Gasteiger partial charge is 0.399 e. The van der Waals surface area contributed by atoms with Crippen molar-refractivity contribution < 1.29 is 4.21 Å². The number of anilines is 1. The third-order valence-electron chi connectivity index (χ3n) is 2.44. The first kappa shape index (κ1) is 13.8. The molecule has 2 nitrogen and oxygen atoms in total. The molecule has 0 aliphatic heterocycles. The van der Waals surface area contributed by atoms with Gasteiger partial charge < -0.3 is 5.73 Å². The van der Waals surface area contributed by atoms with E-state index < -0.39 is 10.8 Å². The Bertz CT molecular complexity index is 584. The van der Waals surface area contributed by atoms with Gasteiger partial charge in [0.25, 0.3) is 0 Å². The van der Waals surface area contributed by atoms with Gasteiger partial charge in [0.05, 0.1) is 16.6 Å². The van der Waals surface area contributed by atoms with Gasteiger partial charge in [-0.3, -0.25) is 4.21 Å². The van der Waals surface area contributed by atoms with E-state index in [9.17, 15) is 4.21 Å². The summed E-state index contributed by atoms with van der Waals surface area (Å²) < 4.78 is 14.1. The van der Waals surface area contributed by atoms with Crippen LogP contribution in [0.3, 0.4) is 0 Å². The Morgan fingerprint density at radius 1 is 1.06 bits per heavy atom. The van der Waals surface area contributed by atoms with Crippen molar-refractivity contribution in [1.29, 1.82) is 0 Å². The smallest absolute Gasteiger partial charge is 0.0574 e. The zero-order valence-electron chi connectivity index (χ0n) is 9.40. The third-order valence-corrected chi connectivity index (χ3v) is 5.08. The van der Waals surface area contributed by atoms with Gasteiger partial charge in [-0.15, -0.1) is 0 Å².